The molecule has 0 saturated carbocycles. The van der Waals surface area contributed by atoms with Gasteiger partial charge >= 0.3 is 0 Å². The molecule has 0 spiro atoms. The zero-order valence-electron chi connectivity index (χ0n) is 10.3. The van der Waals surface area contributed by atoms with Gasteiger partial charge in [0.2, 0.25) is 0 Å². The monoisotopic (exact) mass is 342 g/mol. The molecule has 0 amide bonds. The van der Waals surface area contributed by atoms with E-state index in [9.17, 15) is 9.50 Å². The summed E-state index contributed by atoms with van der Waals surface area (Å²) in [5.74, 6) is -0.426. The summed E-state index contributed by atoms with van der Waals surface area (Å²) in [6.45, 7) is 1.94. The highest BCUT2D eigenvalue weighted by atomic mass is 79.9. The molecule has 2 rings (SSSR count). The van der Waals surface area contributed by atoms with Crippen molar-refractivity contribution in [1.82, 2.24) is 0 Å². The van der Waals surface area contributed by atoms with Crippen LogP contribution in [0.2, 0.25) is 5.02 Å². The molecular formula is C15H13BrClFO. The third kappa shape index (κ3) is 3.35. The lowest BCUT2D eigenvalue weighted by Crippen LogP contribution is -2.06. The van der Waals surface area contributed by atoms with Gasteiger partial charge in [0.1, 0.15) is 5.82 Å². The Labute approximate surface area is 125 Å². The Morgan fingerprint density at radius 1 is 1.32 bits per heavy atom. The maximum absolute atomic E-state index is 13.7. The van der Waals surface area contributed by atoms with Crippen molar-refractivity contribution in [3.8, 4) is 0 Å². The molecule has 0 aliphatic carbocycles. The first-order valence-corrected chi connectivity index (χ1v) is 7.03. The van der Waals surface area contributed by atoms with Crippen LogP contribution in [0, 0.1) is 12.7 Å². The Morgan fingerprint density at radius 2 is 2.05 bits per heavy atom. The van der Waals surface area contributed by atoms with Gasteiger partial charge in [-0.15, -0.1) is 0 Å². The minimum atomic E-state index is -0.934. The zero-order chi connectivity index (χ0) is 14.0. The lowest BCUT2D eigenvalue weighted by atomic mass is 10.00. The van der Waals surface area contributed by atoms with Gasteiger partial charge in [-0.1, -0.05) is 45.7 Å². The number of aliphatic hydroxyl groups excluding tert-OH is 1. The van der Waals surface area contributed by atoms with Crippen molar-refractivity contribution in [3.63, 3.8) is 0 Å². The maximum atomic E-state index is 13.7. The molecule has 0 aliphatic rings. The van der Waals surface area contributed by atoms with Crippen molar-refractivity contribution in [2.45, 2.75) is 19.4 Å². The molecule has 0 bridgehead atoms. The number of hydrogen-bond acceptors (Lipinski definition) is 1. The van der Waals surface area contributed by atoms with E-state index in [-0.39, 0.29) is 12.0 Å². The molecule has 0 aromatic heterocycles. The quantitative estimate of drug-likeness (QED) is 0.846. The van der Waals surface area contributed by atoms with Crippen LogP contribution in [0.25, 0.3) is 0 Å². The number of hydrogen-bond donors (Lipinski definition) is 1. The summed E-state index contributed by atoms with van der Waals surface area (Å²) < 4.78 is 14.3. The molecule has 2 aromatic rings. The Kier molecular flexibility index (Phi) is 4.61. The van der Waals surface area contributed by atoms with E-state index < -0.39 is 11.9 Å². The summed E-state index contributed by atoms with van der Waals surface area (Å²) in [6, 6.07) is 10.2. The molecule has 0 radical (unpaired) electrons. The summed E-state index contributed by atoms with van der Waals surface area (Å²) in [5.41, 5.74) is 2.12. The topological polar surface area (TPSA) is 20.2 Å². The average Bonchev–Trinajstić information content (AvgIpc) is 2.32. The van der Waals surface area contributed by atoms with E-state index in [1.165, 1.54) is 6.07 Å². The predicted octanol–water partition coefficient (Wildman–Crippen LogP) is 4.83. The van der Waals surface area contributed by atoms with Crippen LogP contribution in [0.3, 0.4) is 0 Å². The molecule has 1 unspecified atom stereocenters. The van der Waals surface area contributed by atoms with Crippen LogP contribution in [-0.2, 0) is 6.42 Å². The molecule has 0 heterocycles. The fourth-order valence-electron chi connectivity index (χ4n) is 1.96. The Balaban J connectivity index is 2.28. The van der Waals surface area contributed by atoms with Crippen LogP contribution in [0.4, 0.5) is 4.39 Å². The SMILES string of the molecule is Cc1ccc(CC(O)c2c(F)cccc2Br)c(Cl)c1. The van der Waals surface area contributed by atoms with Gasteiger partial charge in [0, 0.05) is 21.5 Å². The molecule has 1 atom stereocenters. The van der Waals surface area contributed by atoms with Gasteiger partial charge < -0.3 is 5.11 Å². The number of aryl methyl sites for hydroxylation is 1. The van der Waals surface area contributed by atoms with Crippen molar-refractivity contribution < 1.29 is 9.50 Å². The van der Waals surface area contributed by atoms with Gasteiger partial charge in [-0.25, -0.2) is 4.39 Å². The first-order valence-electron chi connectivity index (χ1n) is 5.86. The van der Waals surface area contributed by atoms with Gasteiger partial charge in [-0.3, -0.25) is 0 Å². The second kappa shape index (κ2) is 6.04. The molecule has 19 heavy (non-hydrogen) atoms. The van der Waals surface area contributed by atoms with Crippen LogP contribution in [0.5, 0.6) is 0 Å². The second-order valence-electron chi connectivity index (χ2n) is 4.45. The largest absolute Gasteiger partial charge is 0.388 e. The van der Waals surface area contributed by atoms with Gasteiger partial charge in [0.05, 0.1) is 6.10 Å². The summed E-state index contributed by atoms with van der Waals surface area (Å²) in [7, 11) is 0. The van der Waals surface area contributed by atoms with Gasteiger partial charge in [-0.05, 0) is 36.2 Å². The van der Waals surface area contributed by atoms with Gasteiger partial charge in [-0.2, -0.15) is 0 Å². The molecule has 1 nitrogen and oxygen atoms in total. The van der Waals surface area contributed by atoms with Crippen LogP contribution in [-0.4, -0.2) is 5.11 Å². The van der Waals surface area contributed by atoms with Gasteiger partial charge in [0.25, 0.3) is 0 Å². The highest BCUT2D eigenvalue weighted by Crippen LogP contribution is 2.30. The van der Waals surface area contributed by atoms with Crippen LogP contribution in [0.15, 0.2) is 40.9 Å². The highest BCUT2D eigenvalue weighted by molar-refractivity contribution is 9.10. The minimum Gasteiger partial charge on any atom is -0.388 e. The third-order valence-corrected chi connectivity index (χ3v) is 4.00. The van der Waals surface area contributed by atoms with E-state index in [1.54, 1.807) is 12.1 Å². The zero-order valence-corrected chi connectivity index (χ0v) is 12.7. The Bertz CT molecular complexity index is 580. The lowest BCUT2D eigenvalue weighted by molar-refractivity contribution is 0.173. The summed E-state index contributed by atoms with van der Waals surface area (Å²) >= 11 is 9.38. The fraction of sp³-hybridized carbons (Fsp3) is 0.200. The van der Waals surface area contributed by atoms with E-state index in [1.807, 2.05) is 25.1 Å². The molecule has 4 heteroatoms. The second-order valence-corrected chi connectivity index (χ2v) is 5.71. The van der Waals surface area contributed by atoms with Gasteiger partial charge in [0.15, 0.2) is 0 Å². The molecule has 0 fully saturated rings. The lowest BCUT2D eigenvalue weighted by Gasteiger charge is -2.15. The average molecular weight is 344 g/mol. The normalized spacial score (nSPS) is 12.5. The van der Waals surface area contributed by atoms with Crippen LogP contribution in [0.1, 0.15) is 22.8 Å². The maximum Gasteiger partial charge on any atom is 0.130 e. The van der Waals surface area contributed by atoms with E-state index in [0.717, 1.165) is 11.1 Å². The Morgan fingerprint density at radius 3 is 2.68 bits per heavy atom. The van der Waals surface area contributed by atoms with E-state index in [0.29, 0.717) is 9.50 Å². The first-order chi connectivity index (χ1) is 8.99. The number of rotatable bonds is 3. The summed E-state index contributed by atoms with van der Waals surface area (Å²) in [4.78, 5) is 0. The van der Waals surface area contributed by atoms with Crippen LogP contribution < -0.4 is 0 Å². The van der Waals surface area contributed by atoms with Crippen molar-refractivity contribution in [2.24, 2.45) is 0 Å². The molecule has 2 aromatic carbocycles. The van der Waals surface area contributed by atoms with Crippen molar-refractivity contribution in [3.05, 3.63) is 68.4 Å². The van der Waals surface area contributed by atoms with E-state index in [4.69, 9.17) is 11.6 Å². The standard InChI is InChI=1S/C15H13BrClFO/c1-9-5-6-10(12(17)7-9)8-14(19)15-11(16)3-2-4-13(15)18/h2-7,14,19H,8H2,1H3. The summed E-state index contributed by atoms with van der Waals surface area (Å²) in [5, 5.41) is 10.8. The number of aliphatic hydroxyl groups is 1. The van der Waals surface area contributed by atoms with Crippen molar-refractivity contribution in [1.29, 1.82) is 0 Å². The van der Waals surface area contributed by atoms with Crippen LogP contribution >= 0.6 is 27.5 Å². The Hall–Kier alpha value is -0.900. The minimum absolute atomic E-state index is 0.263. The van der Waals surface area contributed by atoms with E-state index in [2.05, 4.69) is 15.9 Å². The third-order valence-electron chi connectivity index (χ3n) is 2.95. The fourth-order valence-corrected chi connectivity index (χ4v) is 2.88. The molecule has 100 valence electrons. The smallest absolute Gasteiger partial charge is 0.130 e. The number of benzene rings is 2. The first kappa shape index (κ1) is 14.5. The molecule has 0 saturated heterocycles. The molecule has 1 N–H and O–H groups in total. The van der Waals surface area contributed by atoms with E-state index >= 15 is 0 Å². The molecular weight excluding hydrogens is 331 g/mol. The number of halogens is 3. The van der Waals surface area contributed by atoms with Crippen molar-refractivity contribution >= 4 is 27.5 Å². The van der Waals surface area contributed by atoms with Crippen molar-refractivity contribution in [2.75, 3.05) is 0 Å². The molecule has 0 aliphatic heterocycles. The highest BCUT2D eigenvalue weighted by Gasteiger charge is 2.17. The summed E-state index contributed by atoms with van der Waals surface area (Å²) in [6.07, 6.45) is -0.658. The predicted molar refractivity (Wildman–Crippen MR) is 79.0 cm³/mol.